The van der Waals surface area contributed by atoms with Crippen molar-refractivity contribution in [3.63, 3.8) is 0 Å². The summed E-state index contributed by atoms with van der Waals surface area (Å²) in [5.41, 5.74) is 0.498. The minimum absolute atomic E-state index is 0.0104. The van der Waals surface area contributed by atoms with Crippen molar-refractivity contribution < 1.29 is 33.0 Å². The van der Waals surface area contributed by atoms with Gasteiger partial charge in [-0.05, 0) is 38.5 Å². The molecule has 0 saturated heterocycles. The molecule has 0 fully saturated rings. The highest BCUT2D eigenvalue weighted by Crippen LogP contribution is 2.25. The second-order valence-corrected chi connectivity index (χ2v) is 6.00. The number of halogens is 1. The molecule has 0 aromatic rings. The summed E-state index contributed by atoms with van der Waals surface area (Å²) in [6.07, 6.45) is 8.27. The second-order valence-electron chi connectivity index (χ2n) is 6.00. The molecule has 0 saturated carbocycles. The molecule has 2 amide bonds. The van der Waals surface area contributed by atoms with Crippen LogP contribution in [0.4, 0.5) is 14.0 Å². The van der Waals surface area contributed by atoms with E-state index in [2.05, 4.69) is 5.43 Å². The minimum Gasteiger partial charge on any atom is -0.449 e. The molecule has 1 unspecified atom stereocenters. The number of hydrogen-bond acceptors (Lipinski definition) is 7. The van der Waals surface area contributed by atoms with E-state index in [4.69, 9.17) is 9.47 Å². The minimum atomic E-state index is -1.60. The van der Waals surface area contributed by atoms with Gasteiger partial charge in [0, 0.05) is 12.4 Å². The Morgan fingerprint density at radius 3 is 2.61 bits per heavy atom. The molecule has 0 aromatic heterocycles. The number of ketones is 1. The predicted molar refractivity (Wildman–Crippen MR) is 94.8 cm³/mol. The molecular weight excluding hydrogens is 373 g/mol. The molecule has 150 valence electrons. The first-order chi connectivity index (χ1) is 13.2. The Labute approximate surface area is 160 Å². The maximum atomic E-state index is 13.8. The number of carbonyl (C=O) groups excluding carboxylic acids is 4. The summed E-state index contributed by atoms with van der Waals surface area (Å²) in [6, 6.07) is 0. The average molecular weight is 393 g/mol. The lowest BCUT2D eigenvalue weighted by atomic mass is 9.94. The number of allylic oxidation sites excluding steroid dienone is 4. The molecule has 1 N–H and O–H groups in total. The van der Waals surface area contributed by atoms with E-state index < -0.39 is 35.3 Å². The first-order valence-electron chi connectivity index (χ1n) is 8.44. The van der Waals surface area contributed by atoms with E-state index in [0.717, 1.165) is 18.6 Å². The Hall–Kier alpha value is -3.43. The van der Waals surface area contributed by atoms with Gasteiger partial charge >= 0.3 is 18.2 Å². The molecule has 0 bridgehead atoms. The monoisotopic (exact) mass is 393 g/mol. The van der Waals surface area contributed by atoms with Crippen molar-refractivity contribution in [2.75, 3.05) is 13.2 Å². The zero-order chi connectivity index (χ0) is 20.7. The van der Waals surface area contributed by atoms with Gasteiger partial charge in [-0.2, -0.15) is 0 Å². The predicted octanol–water partition coefficient (Wildman–Crippen LogP) is 2.10. The summed E-state index contributed by atoms with van der Waals surface area (Å²) >= 11 is 0. The van der Waals surface area contributed by atoms with E-state index in [1.807, 2.05) is 12.2 Å². The Morgan fingerprint density at radius 1 is 1.32 bits per heavy atom. The molecule has 28 heavy (non-hydrogen) atoms. The number of hydrazine groups is 1. The topological polar surface area (TPSA) is 105 Å². The van der Waals surface area contributed by atoms with Crippen LogP contribution in [0.15, 0.2) is 48.6 Å². The highest BCUT2D eigenvalue weighted by molar-refractivity contribution is 6.04. The van der Waals surface area contributed by atoms with E-state index in [1.165, 1.54) is 17.9 Å². The molecule has 2 aliphatic rings. The fourth-order valence-electron chi connectivity index (χ4n) is 2.41. The number of ether oxygens (including phenoxy) is 2. The molecule has 0 spiro atoms. The van der Waals surface area contributed by atoms with Gasteiger partial charge in [-0.25, -0.2) is 29.2 Å². The molecule has 1 heterocycles. The number of nitrogens with one attached hydrogen (secondary N) is 1. The number of nitrogens with zero attached hydrogens (tertiary/aromatic N) is 2. The van der Waals surface area contributed by atoms with Gasteiger partial charge in [-0.1, -0.05) is 12.2 Å². The summed E-state index contributed by atoms with van der Waals surface area (Å²) in [7, 11) is 0. The highest BCUT2D eigenvalue weighted by atomic mass is 19.1. The Balaban J connectivity index is 2.16. The summed E-state index contributed by atoms with van der Waals surface area (Å²) in [6.45, 7) is 2.65. The Kier molecular flexibility index (Phi) is 6.69. The van der Waals surface area contributed by atoms with Gasteiger partial charge in [0.25, 0.3) is 0 Å². The van der Waals surface area contributed by atoms with Crippen molar-refractivity contribution in [2.45, 2.75) is 25.8 Å². The molecule has 0 aromatic carbocycles. The lowest BCUT2D eigenvalue weighted by Crippen LogP contribution is -2.58. The largest absolute Gasteiger partial charge is 0.449 e. The van der Waals surface area contributed by atoms with Crippen LogP contribution in [0.1, 0.15) is 20.3 Å². The summed E-state index contributed by atoms with van der Waals surface area (Å²) in [4.78, 5) is 49.2. The van der Waals surface area contributed by atoms with E-state index >= 15 is 0 Å². The van der Waals surface area contributed by atoms with E-state index in [9.17, 15) is 23.6 Å². The maximum Gasteiger partial charge on any atom is 0.437 e. The van der Waals surface area contributed by atoms with Gasteiger partial charge < -0.3 is 14.4 Å². The van der Waals surface area contributed by atoms with Crippen LogP contribution in [0.5, 0.6) is 0 Å². The van der Waals surface area contributed by atoms with E-state index in [0.29, 0.717) is 5.01 Å². The standard InChI is InChI=1S/C18H20FN3O6/c1-3-27-16(25)20-22(18(2)8-7-14(23)13(19)11-18)17(26)28-15(24)12-21-9-5-4-6-10-21/h5-11H,3-4,12H2,1-2H3,(H,20,25). The third-order valence-corrected chi connectivity index (χ3v) is 3.75. The molecular formula is C18H20FN3O6. The maximum absolute atomic E-state index is 13.8. The molecule has 10 heteroatoms. The van der Waals surface area contributed by atoms with Gasteiger partial charge in [0.05, 0.1) is 6.61 Å². The number of rotatable bonds is 4. The second kappa shape index (κ2) is 8.98. The van der Waals surface area contributed by atoms with Crippen molar-refractivity contribution in [3.05, 3.63) is 48.6 Å². The van der Waals surface area contributed by atoms with Crippen LogP contribution in [0, 0.1) is 0 Å². The van der Waals surface area contributed by atoms with E-state index in [1.54, 1.807) is 19.3 Å². The number of esters is 1. The van der Waals surface area contributed by atoms with Crippen molar-refractivity contribution >= 4 is 23.9 Å². The average Bonchev–Trinajstić information content (AvgIpc) is 2.64. The molecule has 0 radical (unpaired) electrons. The third kappa shape index (κ3) is 5.29. The molecule has 1 aliphatic heterocycles. The van der Waals surface area contributed by atoms with Crippen molar-refractivity contribution in [1.82, 2.24) is 15.3 Å². The van der Waals surface area contributed by atoms with Gasteiger partial charge in [-0.3, -0.25) is 4.79 Å². The summed E-state index contributed by atoms with van der Waals surface area (Å²) in [5.74, 6) is -2.91. The Bertz CT molecular complexity index is 776. The van der Waals surface area contributed by atoms with Crippen LogP contribution < -0.4 is 5.43 Å². The van der Waals surface area contributed by atoms with Gasteiger partial charge in [0.2, 0.25) is 5.78 Å². The number of carbonyl (C=O) groups is 4. The fraction of sp³-hybridized carbons (Fsp3) is 0.333. The third-order valence-electron chi connectivity index (χ3n) is 3.75. The smallest absolute Gasteiger partial charge is 0.437 e. The highest BCUT2D eigenvalue weighted by Gasteiger charge is 2.39. The lowest BCUT2D eigenvalue weighted by molar-refractivity contribution is -0.139. The summed E-state index contributed by atoms with van der Waals surface area (Å²) in [5, 5.41) is 0.577. The lowest BCUT2D eigenvalue weighted by Gasteiger charge is -2.36. The van der Waals surface area contributed by atoms with Crippen LogP contribution >= 0.6 is 0 Å². The van der Waals surface area contributed by atoms with E-state index in [-0.39, 0.29) is 13.2 Å². The Morgan fingerprint density at radius 2 is 2.00 bits per heavy atom. The molecule has 2 rings (SSSR count). The zero-order valence-corrected chi connectivity index (χ0v) is 15.4. The molecule has 9 nitrogen and oxygen atoms in total. The quantitative estimate of drug-likeness (QED) is 0.443. The van der Waals surface area contributed by atoms with Crippen LogP contribution in [-0.4, -0.2) is 52.5 Å². The van der Waals surface area contributed by atoms with Crippen LogP contribution in [0.2, 0.25) is 0 Å². The van der Waals surface area contributed by atoms with Crippen molar-refractivity contribution in [3.8, 4) is 0 Å². The number of hydrogen-bond donors (Lipinski definition) is 1. The van der Waals surface area contributed by atoms with Gasteiger partial charge in [-0.15, -0.1) is 0 Å². The fourth-order valence-corrected chi connectivity index (χ4v) is 2.41. The normalized spacial score (nSPS) is 20.5. The number of amides is 2. The van der Waals surface area contributed by atoms with Crippen molar-refractivity contribution in [2.24, 2.45) is 0 Å². The van der Waals surface area contributed by atoms with Crippen LogP contribution in [0.3, 0.4) is 0 Å². The first-order valence-corrected chi connectivity index (χ1v) is 8.44. The van der Waals surface area contributed by atoms with Crippen molar-refractivity contribution in [1.29, 1.82) is 0 Å². The van der Waals surface area contributed by atoms with Gasteiger partial charge in [0.15, 0.2) is 5.83 Å². The molecule has 1 atom stereocenters. The zero-order valence-electron chi connectivity index (χ0n) is 15.4. The SMILES string of the molecule is CCOC(=O)NN(C(=O)OC(=O)CN1C=CCC=C1)C1(C)C=CC(=O)C(F)=C1. The summed E-state index contributed by atoms with van der Waals surface area (Å²) < 4.78 is 23.3. The first kappa shape index (κ1) is 20.9. The van der Waals surface area contributed by atoms with Crippen LogP contribution in [-0.2, 0) is 19.1 Å². The van der Waals surface area contributed by atoms with Gasteiger partial charge in [0.1, 0.15) is 12.1 Å². The van der Waals surface area contributed by atoms with Crippen LogP contribution in [0.25, 0.3) is 0 Å². The molecule has 1 aliphatic carbocycles.